The van der Waals surface area contributed by atoms with Gasteiger partial charge >= 0.3 is 6.09 Å². The van der Waals surface area contributed by atoms with E-state index >= 15 is 0 Å². The number of carbonyl (C=O) groups is 4. The van der Waals surface area contributed by atoms with Gasteiger partial charge in [0.15, 0.2) is 0 Å². The van der Waals surface area contributed by atoms with E-state index in [1.807, 2.05) is 51.1 Å². The maximum atomic E-state index is 13.4. The summed E-state index contributed by atoms with van der Waals surface area (Å²) in [5.74, 6) is -0.401. The Morgan fingerprint density at radius 2 is 1.86 bits per heavy atom. The number of carbonyl (C=O) groups excluding carboxylic acids is 4. The minimum Gasteiger partial charge on any atom is -0.444 e. The van der Waals surface area contributed by atoms with Crippen molar-refractivity contribution in [1.82, 2.24) is 10.2 Å². The lowest BCUT2D eigenvalue weighted by Gasteiger charge is -2.27. The maximum absolute atomic E-state index is 13.4. The normalized spacial score (nSPS) is 16.7. The van der Waals surface area contributed by atoms with Crippen LogP contribution < -0.4 is 15.1 Å². The van der Waals surface area contributed by atoms with Gasteiger partial charge < -0.3 is 24.6 Å². The first-order valence-electron chi connectivity index (χ1n) is 12.4. The molecule has 1 unspecified atom stereocenters. The van der Waals surface area contributed by atoms with Crippen LogP contribution in [0.1, 0.15) is 50.4 Å². The van der Waals surface area contributed by atoms with Crippen molar-refractivity contribution in [3.63, 3.8) is 0 Å². The van der Waals surface area contributed by atoms with Crippen LogP contribution >= 0.6 is 0 Å². The molecule has 9 heteroatoms. The highest BCUT2D eigenvalue weighted by Crippen LogP contribution is 2.42. The third-order valence-corrected chi connectivity index (χ3v) is 6.63. The van der Waals surface area contributed by atoms with Crippen molar-refractivity contribution in [3.05, 3.63) is 35.9 Å². The summed E-state index contributed by atoms with van der Waals surface area (Å²) < 4.78 is 5.55. The summed E-state index contributed by atoms with van der Waals surface area (Å²) in [6.45, 7) is 8.14. The molecule has 3 amide bonds. The van der Waals surface area contributed by atoms with Crippen LogP contribution in [-0.2, 0) is 14.3 Å². The van der Waals surface area contributed by atoms with Crippen LogP contribution in [0.4, 0.5) is 16.2 Å². The van der Waals surface area contributed by atoms with Crippen LogP contribution in [0.25, 0.3) is 10.8 Å². The number of nitrogens with one attached hydrogen (secondary N) is 1. The van der Waals surface area contributed by atoms with E-state index in [0.717, 1.165) is 35.7 Å². The second-order valence-electron chi connectivity index (χ2n) is 10.2. The molecule has 0 aliphatic carbocycles. The summed E-state index contributed by atoms with van der Waals surface area (Å²) in [7, 11) is 1.55. The predicted molar refractivity (Wildman–Crippen MR) is 139 cm³/mol. The lowest BCUT2D eigenvalue weighted by atomic mass is 10.0. The number of nitrogens with zero attached hydrogens (tertiary/aromatic N) is 3. The molecule has 2 aromatic carbocycles. The Kier molecular flexibility index (Phi) is 7.19. The van der Waals surface area contributed by atoms with Gasteiger partial charge in [-0.1, -0.05) is 12.1 Å². The van der Waals surface area contributed by atoms with Gasteiger partial charge in [0, 0.05) is 56.1 Å². The number of aldehydes is 1. The number of benzene rings is 2. The van der Waals surface area contributed by atoms with Gasteiger partial charge in [0.2, 0.25) is 5.91 Å². The van der Waals surface area contributed by atoms with Gasteiger partial charge in [0.1, 0.15) is 11.9 Å². The van der Waals surface area contributed by atoms with E-state index in [1.54, 1.807) is 11.9 Å². The smallest absolute Gasteiger partial charge is 0.410 e. The van der Waals surface area contributed by atoms with Crippen molar-refractivity contribution in [1.29, 1.82) is 0 Å². The van der Waals surface area contributed by atoms with Crippen LogP contribution in [-0.4, -0.2) is 74.0 Å². The molecule has 0 bridgehead atoms. The number of hydrogen-bond acceptors (Lipinski definition) is 6. The molecule has 2 aliphatic rings. The molecule has 0 radical (unpaired) electrons. The number of hydrogen-bond donors (Lipinski definition) is 1. The summed E-state index contributed by atoms with van der Waals surface area (Å²) in [6.07, 6.45) is 1.64. The topological polar surface area (TPSA) is 99.3 Å². The molecule has 9 nitrogen and oxygen atoms in total. The Morgan fingerprint density at radius 3 is 2.56 bits per heavy atom. The Balaban J connectivity index is 1.61. The van der Waals surface area contributed by atoms with Gasteiger partial charge in [-0.15, -0.1) is 0 Å². The summed E-state index contributed by atoms with van der Waals surface area (Å²) in [5.41, 5.74) is 1.69. The lowest BCUT2D eigenvalue weighted by molar-refractivity contribution is -0.120. The van der Waals surface area contributed by atoms with Gasteiger partial charge in [-0.05, 0) is 51.8 Å². The molecule has 2 heterocycles. The zero-order valence-electron chi connectivity index (χ0n) is 21.4. The van der Waals surface area contributed by atoms with Crippen molar-refractivity contribution in [3.8, 4) is 0 Å². The fraction of sp³-hybridized carbons (Fsp3) is 0.481. The molecule has 192 valence electrons. The Labute approximate surface area is 211 Å². The van der Waals surface area contributed by atoms with Gasteiger partial charge in [-0.2, -0.15) is 0 Å². The standard InChI is InChI=1S/C27H34N4O5/c1-27(2,3)36-26(35)30-14-6-13-29(15-16-30)21-11-10-20-24-19(21)7-5-8-22(24)31(25(20)34)18(17-32)9-12-23(33)28-4/h5,7-8,10-11,17-18H,6,9,12-16H2,1-4H3,(H,28,33). The molecule has 36 heavy (non-hydrogen) atoms. The maximum Gasteiger partial charge on any atom is 0.410 e. The minimum atomic E-state index is -0.725. The molecule has 0 saturated carbocycles. The van der Waals surface area contributed by atoms with E-state index in [4.69, 9.17) is 4.74 Å². The molecule has 2 aliphatic heterocycles. The van der Waals surface area contributed by atoms with Crippen molar-refractivity contribution >= 4 is 46.3 Å². The van der Waals surface area contributed by atoms with Crippen LogP contribution in [0.3, 0.4) is 0 Å². The first-order valence-corrected chi connectivity index (χ1v) is 12.4. The molecule has 1 saturated heterocycles. The van der Waals surface area contributed by atoms with Crippen molar-refractivity contribution in [2.24, 2.45) is 0 Å². The summed E-state index contributed by atoms with van der Waals surface area (Å²) >= 11 is 0. The van der Waals surface area contributed by atoms with Gasteiger partial charge in [0.05, 0.1) is 17.3 Å². The molecule has 1 fully saturated rings. The molecule has 0 spiro atoms. The van der Waals surface area contributed by atoms with Crippen LogP contribution in [0.15, 0.2) is 30.3 Å². The first kappa shape index (κ1) is 25.5. The highest BCUT2D eigenvalue weighted by molar-refractivity contribution is 6.27. The molecular weight excluding hydrogens is 460 g/mol. The van der Waals surface area contributed by atoms with Crippen LogP contribution in [0.2, 0.25) is 0 Å². The highest BCUT2D eigenvalue weighted by Gasteiger charge is 2.36. The molecule has 1 N–H and O–H groups in total. The molecule has 1 atom stereocenters. The number of ether oxygens (including phenoxy) is 1. The minimum absolute atomic E-state index is 0.156. The second-order valence-corrected chi connectivity index (χ2v) is 10.2. The average Bonchev–Trinajstić information content (AvgIpc) is 2.99. The quantitative estimate of drug-likeness (QED) is 0.619. The molecule has 2 aromatic rings. The Morgan fingerprint density at radius 1 is 1.08 bits per heavy atom. The van der Waals surface area contributed by atoms with E-state index in [1.165, 1.54) is 4.90 Å². The van der Waals surface area contributed by atoms with E-state index in [-0.39, 0.29) is 30.7 Å². The summed E-state index contributed by atoms with van der Waals surface area (Å²) in [5, 5.41) is 4.31. The molecular formula is C27H34N4O5. The number of anilines is 2. The summed E-state index contributed by atoms with van der Waals surface area (Å²) in [4.78, 5) is 55.2. The zero-order valence-corrected chi connectivity index (χ0v) is 21.4. The largest absolute Gasteiger partial charge is 0.444 e. The van der Waals surface area contributed by atoms with E-state index < -0.39 is 11.6 Å². The predicted octanol–water partition coefficient (Wildman–Crippen LogP) is 3.34. The van der Waals surface area contributed by atoms with Crippen molar-refractivity contribution in [2.45, 2.75) is 51.7 Å². The van der Waals surface area contributed by atoms with Crippen molar-refractivity contribution in [2.75, 3.05) is 43.0 Å². The Bertz CT molecular complexity index is 1190. The second kappa shape index (κ2) is 10.2. The van der Waals surface area contributed by atoms with Crippen molar-refractivity contribution < 1.29 is 23.9 Å². The highest BCUT2D eigenvalue weighted by atomic mass is 16.6. The fourth-order valence-corrected chi connectivity index (χ4v) is 4.92. The third kappa shape index (κ3) is 5.01. The Hall–Kier alpha value is -3.62. The fourth-order valence-electron chi connectivity index (χ4n) is 4.92. The molecule has 4 rings (SSSR count). The third-order valence-electron chi connectivity index (χ3n) is 6.63. The van der Waals surface area contributed by atoms with Gasteiger partial charge in [-0.3, -0.25) is 14.5 Å². The summed E-state index contributed by atoms with van der Waals surface area (Å²) in [6, 6.07) is 8.78. The number of amides is 3. The average molecular weight is 495 g/mol. The monoisotopic (exact) mass is 494 g/mol. The zero-order chi connectivity index (χ0) is 26.0. The van der Waals surface area contributed by atoms with Crippen LogP contribution in [0, 0.1) is 0 Å². The number of rotatable bonds is 6. The van der Waals surface area contributed by atoms with Gasteiger partial charge in [0.25, 0.3) is 5.91 Å². The van der Waals surface area contributed by atoms with Gasteiger partial charge in [-0.25, -0.2) is 4.79 Å². The van der Waals surface area contributed by atoms with E-state index in [9.17, 15) is 19.2 Å². The first-order chi connectivity index (χ1) is 17.1. The SMILES string of the molecule is CNC(=O)CCC(C=O)N1C(=O)c2ccc(N3CCCN(C(=O)OC(C)(C)C)CC3)c3cccc1c23. The molecule has 0 aromatic heterocycles. The van der Waals surface area contributed by atoms with E-state index in [2.05, 4.69) is 10.2 Å². The lowest BCUT2D eigenvalue weighted by Crippen LogP contribution is -2.39. The van der Waals surface area contributed by atoms with Crippen LogP contribution in [0.5, 0.6) is 0 Å². The van der Waals surface area contributed by atoms with E-state index in [0.29, 0.717) is 30.9 Å².